The molecule has 0 bridgehead atoms. The molecule has 0 aromatic heterocycles. The Hall–Kier alpha value is -0.310. The minimum atomic E-state index is -0.0287. The molecule has 0 aromatic rings. The Labute approximate surface area is 88.1 Å². The number of rotatable bonds is 2. The van der Waals surface area contributed by atoms with Gasteiger partial charge in [0.2, 0.25) is 5.91 Å². The highest BCUT2D eigenvalue weighted by atomic mass is 79.9. The van der Waals surface area contributed by atoms with Gasteiger partial charge in [0.15, 0.2) is 0 Å². The summed E-state index contributed by atoms with van der Waals surface area (Å²) in [6.45, 7) is 5.74. The summed E-state index contributed by atoms with van der Waals surface area (Å²) in [5, 5.41) is 0. The van der Waals surface area contributed by atoms with Crippen molar-refractivity contribution in [2.45, 2.75) is 25.1 Å². The summed E-state index contributed by atoms with van der Waals surface area (Å²) in [7, 11) is 0. The average molecular weight is 246 g/mol. The molecule has 0 saturated heterocycles. The molecule has 0 N–H and O–H groups in total. The first kappa shape index (κ1) is 10.8. The van der Waals surface area contributed by atoms with Gasteiger partial charge in [-0.1, -0.05) is 41.9 Å². The van der Waals surface area contributed by atoms with Crippen molar-refractivity contribution < 1.29 is 4.79 Å². The van der Waals surface area contributed by atoms with Gasteiger partial charge in [-0.25, -0.2) is 0 Å². The largest absolute Gasteiger partial charge is 0.338 e. The second kappa shape index (κ2) is 4.80. The molecule has 0 saturated carbocycles. The lowest BCUT2D eigenvalue weighted by Gasteiger charge is -2.27. The van der Waals surface area contributed by atoms with Crippen molar-refractivity contribution in [1.82, 2.24) is 4.90 Å². The first-order chi connectivity index (χ1) is 6.13. The van der Waals surface area contributed by atoms with E-state index in [0.29, 0.717) is 5.92 Å². The van der Waals surface area contributed by atoms with Gasteiger partial charge in [0.1, 0.15) is 0 Å². The van der Waals surface area contributed by atoms with Crippen molar-refractivity contribution in [1.29, 1.82) is 0 Å². The normalized spacial score (nSPS) is 19.2. The van der Waals surface area contributed by atoms with Crippen LogP contribution >= 0.6 is 15.9 Å². The van der Waals surface area contributed by atoms with E-state index in [0.717, 1.165) is 19.5 Å². The fraction of sp³-hybridized carbons (Fsp3) is 0.700. The van der Waals surface area contributed by atoms with Crippen LogP contribution in [0, 0.1) is 5.92 Å². The molecule has 2 nitrogen and oxygen atoms in total. The van der Waals surface area contributed by atoms with Gasteiger partial charge in [0, 0.05) is 13.1 Å². The number of carbonyl (C=O) groups excluding carboxylic acids is 1. The van der Waals surface area contributed by atoms with Gasteiger partial charge in [-0.05, 0) is 12.3 Å². The van der Waals surface area contributed by atoms with Gasteiger partial charge in [0.25, 0.3) is 0 Å². The highest BCUT2D eigenvalue weighted by Gasteiger charge is 2.24. The number of carbonyl (C=O) groups is 1. The lowest BCUT2D eigenvalue weighted by Crippen LogP contribution is -2.40. The molecule has 0 aliphatic carbocycles. The van der Waals surface area contributed by atoms with Crippen molar-refractivity contribution in [2.75, 3.05) is 13.1 Å². The molecule has 74 valence electrons. The lowest BCUT2D eigenvalue weighted by atomic mass is 10.1. The fourth-order valence-corrected chi connectivity index (χ4v) is 1.59. The van der Waals surface area contributed by atoms with Gasteiger partial charge in [-0.15, -0.1) is 0 Å². The molecule has 1 amide bonds. The minimum absolute atomic E-state index is 0.0287. The summed E-state index contributed by atoms with van der Waals surface area (Å²) in [6, 6.07) is 0. The summed E-state index contributed by atoms with van der Waals surface area (Å²) in [4.78, 5) is 13.7. The molecular formula is C10H16BrNO. The van der Waals surface area contributed by atoms with Gasteiger partial charge in [-0.2, -0.15) is 0 Å². The van der Waals surface area contributed by atoms with Crippen molar-refractivity contribution in [2.24, 2.45) is 5.92 Å². The maximum atomic E-state index is 11.8. The van der Waals surface area contributed by atoms with E-state index < -0.39 is 0 Å². The number of nitrogens with zero attached hydrogens (tertiary/aromatic N) is 1. The Morgan fingerprint density at radius 2 is 2.15 bits per heavy atom. The second-order valence-corrected chi connectivity index (χ2v) is 4.68. The average Bonchev–Trinajstić information content (AvgIpc) is 2.17. The maximum absolute atomic E-state index is 11.8. The van der Waals surface area contributed by atoms with E-state index in [2.05, 4.69) is 41.9 Å². The van der Waals surface area contributed by atoms with E-state index in [4.69, 9.17) is 0 Å². The highest BCUT2D eigenvalue weighted by Crippen LogP contribution is 2.16. The molecule has 0 fully saturated rings. The third kappa shape index (κ3) is 2.83. The molecule has 13 heavy (non-hydrogen) atoms. The zero-order valence-electron chi connectivity index (χ0n) is 8.16. The van der Waals surface area contributed by atoms with E-state index in [1.807, 2.05) is 4.90 Å². The molecule has 1 atom stereocenters. The van der Waals surface area contributed by atoms with E-state index >= 15 is 0 Å². The van der Waals surface area contributed by atoms with Crippen LogP contribution in [0.4, 0.5) is 0 Å². The zero-order chi connectivity index (χ0) is 9.84. The predicted molar refractivity (Wildman–Crippen MR) is 57.9 cm³/mol. The first-order valence-corrected chi connectivity index (χ1v) is 5.62. The van der Waals surface area contributed by atoms with Gasteiger partial charge >= 0.3 is 0 Å². The van der Waals surface area contributed by atoms with E-state index in [9.17, 15) is 4.79 Å². The first-order valence-electron chi connectivity index (χ1n) is 4.70. The van der Waals surface area contributed by atoms with Crippen molar-refractivity contribution >= 4 is 21.8 Å². The molecule has 1 rings (SSSR count). The molecule has 0 spiro atoms. The number of alkyl halides is 1. The number of halogens is 1. The van der Waals surface area contributed by atoms with E-state index in [1.54, 1.807) is 0 Å². The number of hydrogen-bond donors (Lipinski definition) is 0. The number of amides is 1. The molecule has 1 aliphatic rings. The summed E-state index contributed by atoms with van der Waals surface area (Å²) in [5.41, 5.74) is 0. The maximum Gasteiger partial charge on any atom is 0.236 e. The van der Waals surface area contributed by atoms with E-state index in [1.165, 1.54) is 0 Å². The molecule has 0 aromatic carbocycles. The van der Waals surface area contributed by atoms with Crippen molar-refractivity contribution in [3.05, 3.63) is 12.2 Å². The van der Waals surface area contributed by atoms with Crippen molar-refractivity contribution in [3.8, 4) is 0 Å². The monoisotopic (exact) mass is 245 g/mol. The van der Waals surface area contributed by atoms with Crippen LogP contribution in [0.5, 0.6) is 0 Å². The van der Waals surface area contributed by atoms with Crippen LogP contribution in [-0.4, -0.2) is 28.7 Å². The van der Waals surface area contributed by atoms with Gasteiger partial charge < -0.3 is 4.90 Å². The Morgan fingerprint density at radius 3 is 2.62 bits per heavy atom. The quantitative estimate of drug-likeness (QED) is 0.540. The molecule has 1 unspecified atom stereocenters. The van der Waals surface area contributed by atoms with Crippen LogP contribution in [0.25, 0.3) is 0 Å². The van der Waals surface area contributed by atoms with Crippen LogP contribution in [-0.2, 0) is 4.79 Å². The Balaban J connectivity index is 2.51. The molecule has 0 radical (unpaired) electrons. The summed E-state index contributed by atoms with van der Waals surface area (Å²) >= 11 is 3.43. The summed E-state index contributed by atoms with van der Waals surface area (Å²) < 4.78 is 0. The summed E-state index contributed by atoms with van der Waals surface area (Å²) in [5.74, 6) is 0.581. The molecular weight excluding hydrogens is 230 g/mol. The molecule has 3 heteroatoms. The molecule has 1 heterocycles. The Morgan fingerprint density at radius 1 is 1.46 bits per heavy atom. The lowest BCUT2D eigenvalue weighted by molar-refractivity contribution is -0.130. The third-order valence-electron chi connectivity index (χ3n) is 2.19. The summed E-state index contributed by atoms with van der Waals surface area (Å²) in [6.07, 6.45) is 5.17. The predicted octanol–water partition coefficient (Wildman–Crippen LogP) is 2.19. The standard InChI is InChI=1S/C10H16BrNO/c1-8(2)9(11)10(13)12-6-4-3-5-7-12/h3-4,8-9H,5-7H2,1-2H3. The van der Waals surface area contributed by atoms with Crippen LogP contribution in [0.3, 0.4) is 0 Å². The number of hydrogen-bond acceptors (Lipinski definition) is 1. The van der Waals surface area contributed by atoms with Crippen LogP contribution in [0.15, 0.2) is 12.2 Å². The van der Waals surface area contributed by atoms with Crippen LogP contribution < -0.4 is 0 Å². The smallest absolute Gasteiger partial charge is 0.236 e. The third-order valence-corrected chi connectivity index (χ3v) is 3.64. The van der Waals surface area contributed by atoms with Gasteiger partial charge in [-0.3, -0.25) is 4.79 Å². The highest BCUT2D eigenvalue weighted by molar-refractivity contribution is 9.10. The SMILES string of the molecule is CC(C)C(Br)C(=O)N1CC=CCC1. The van der Waals surface area contributed by atoms with E-state index in [-0.39, 0.29) is 10.7 Å². The van der Waals surface area contributed by atoms with Crippen molar-refractivity contribution in [3.63, 3.8) is 0 Å². The Kier molecular flexibility index (Phi) is 3.97. The Bertz CT molecular complexity index is 213. The second-order valence-electron chi connectivity index (χ2n) is 3.69. The topological polar surface area (TPSA) is 20.3 Å². The van der Waals surface area contributed by atoms with Gasteiger partial charge in [0.05, 0.1) is 4.83 Å². The molecule has 1 aliphatic heterocycles. The van der Waals surface area contributed by atoms with Crippen LogP contribution in [0.2, 0.25) is 0 Å². The fourth-order valence-electron chi connectivity index (χ4n) is 1.30. The van der Waals surface area contributed by atoms with Crippen LogP contribution in [0.1, 0.15) is 20.3 Å². The minimum Gasteiger partial charge on any atom is -0.338 e. The zero-order valence-corrected chi connectivity index (χ0v) is 9.75.